The van der Waals surface area contributed by atoms with Gasteiger partial charge in [0.05, 0.1) is 12.9 Å². The number of hydrogen-bond donors (Lipinski definition) is 0. The predicted octanol–water partition coefficient (Wildman–Crippen LogP) is 4.01. The van der Waals surface area contributed by atoms with Gasteiger partial charge in [-0.3, -0.25) is 14.3 Å². The van der Waals surface area contributed by atoms with Gasteiger partial charge in [-0.2, -0.15) is 0 Å². The van der Waals surface area contributed by atoms with Crippen LogP contribution in [0.3, 0.4) is 0 Å². The first kappa shape index (κ1) is 21.2. The molecule has 0 saturated carbocycles. The number of benzene rings is 2. The summed E-state index contributed by atoms with van der Waals surface area (Å²) in [6.45, 7) is 1.40. The van der Waals surface area contributed by atoms with Gasteiger partial charge >= 0.3 is 0 Å². The molecule has 0 N–H and O–H groups in total. The summed E-state index contributed by atoms with van der Waals surface area (Å²) in [7, 11) is 1.64. The highest BCUT2D eigenvalue weighted by Gasteiger charge is 2.22. The Labute approximate surface area is 196 Å². The van der Waals surface area contributed by atoms with Crippen molar-refractivity contribution in [3.05, 3.63) is 84.2 Å². The lowest BCUT2D eigenvalue weighted by Gasteiger charge is -2.28. The summed E-state index contributed by atoms with van der Waals surface area (Å²) in [4.78, 5) is 19.0. The summed E-state index contributed by atoms with van der Waals surface area (Å²) in [6.07, 6.45) is 4.35. The van der Waals surface area contributed by atoms with E-state index in [4.69, 9.17) is 4.74 Å². The molecular weight excluding hydrogens is 434 g/mol. The smallest absolute Gasteiger partial charge is 0.233 e. The van der Waals surface area contributed by atoms with E-state index in [1.165, 1.54) is 22.9 Å². The lowest BCUT2D eigenvalue weighted by Crippen LogP contribution is -2.37. The molecule has 1 aliphatic rings. The number of methoxy groups -OCH3 is 1. The second-order valence-corrected chi connectivity index (χ2v) is 8.64. The van der Waals surface area contributed by atoms with Crippen LogP contribution in [-0.2, 0) is 17.8 Å². The first-order chi connectivity index (χ1) is 16.2. The van der Waals surface area contributed by atoms with E-state index in [9.17, 15) is 4.79 Å². The van der Waals surface area contributed by atoms with Crippen molar-refractivity contribution in [2.45, 2.75) is 18.1 Å². The van der Waals surface area contributed by atoms with Crippen LogP contribution in [0.2, 0.25) is 0 Å². The Morgan fingerprint density at radius 1 is 1.00 bits per heavy atom. The van der Waals surface area contributed by atoms with E-state index in [-0.39, 0.29) is 5.91 Å². The minimum atomic E-state index is 0.101. The topological polar surface area (TPSA) is 73.1 Å². The average molecular weight is 458 g/mol. The Bertz CT molecular complexity index is 1260. The van der Waals surface area contributed by atoms with Gasteiger partial charge in [0.2, 0.25) is 5.91 Å². The molecule has 1 aliphatic heterocycles. The normalized spacial score (nSPS) is 12.9. The zero-order valence-electron chi connectivity index (χ0n) is 18.2. The Morgan fingerprint density at radius 3 is 2.52 bits per heavy atom. The summed E-state index contributed by atoms with van der Waals surface area (Å²) < 4.78 is 7.27. The maximum Gasteiger partial charge on any atom is 0.233 e. The van der Waals surface area contributed by atoms with Crippen LogP contribution in [0.5, 0.6) is 5.75 Å². The van der Waals surface area contributed by atoms with E-state index >= 15 is 0 Å². The molecule has 0 fully saturated rings. The van der Waals surface area contributed by atoms with Crippen molar-refractivity contribution < 1.29 is 9.53 Å². The van der Waals surface area contributed by atoms with Gasteiger partial charge in [0.1, 0.15) is 5.75 Å². The molecule has 0 radical (unpaired) electrons. The van der Waals surface area contributed by atoms with Gasteiger partial charge in [-0.05, 0) is 53.9 Å². The molecule has 0 saturated heterocycles. The number of carbonyl (C=O) groups is 1. The molecule has 8 heteroatoms. The largest absolute Gasteiger partial charge is 0.497 e. The van der Waals surface area contributed by atoms with E-state index in [0.717, 1.165) is 30.0 Å². The third-order valence-electron chi connectivity index (χ3n) is 5.71. The first-order valence-electron chi connectivity index (χ1n) is 10.7. The van der Waals surface area contributed by atoms with Crippen molar-refractivity contribution in [2.24, 2.45) is 0 Å². The molecule has 0 unspecified atom stereocenters. The van der Waals surface area contributed by atoms with Crippen molar-refractivity contribution in [1.29, 1.82) is 0 Å². The van der Waals surface area contributed by atoms with E-state index in [1.54, 1.807) is 19.5 Å². The van der Waals surface area contributed by atoms with Crippen LogP contribution in [0.4, 0.5) is 0 Å². The molecule has 4 aromatic rings. The van der Waals surface area contributed by atoms with Crippen LogP contribution in [0.25, 0.3) is 17.1 Å². The molecule has 7 nitrogen and oxygen atoms in total. The Balaban J connectivity index is 1.39. The van der Waals surface area contributed by atoms with Gasteiger partial charge in [0.25, 0.3) is 0 Å². The van der Waals surface area contributed by atoms with Crippen molar-refractivity contribution in [2.75, 3.05) is 19.4 Å². The zero-order chi connectivity index (χ0) is 22.6. The summed E-state index contributed by atoms with van der Waals surface area (Å²) in [5.41, 5.74) is 4.35. The fourth-order valence-electron chi connectivity index (χ4n) is 3.94. The van der Waals surface area contributed by atoms with Crippen molar-refractivity contribution in [3.63, 3.8) is 0 Å². The summed E-state index contributed by atoms with van der Waals surface area (Å²) >= 11 is 1.40. The molecule has 0 atom stereocenters. The van der Waals surface area contributed by atoms with Gasteiger partial charge in [-0.15, -0.1) is 10.2 Å². The Morgan fingerprint density at radius 2 is 1.76 bits per heavy atom. The minimum absolute atomic E-state index is 0.101. The number of hydrogen-bond acceptors (Lipinski definition) is 6. The van der Waals surface area contributed by atoms with Gasteiger partial charge in [-0.25, -0.2) is 0 Å². The minimum Gasteiger partial charge on any atom is -0.497 e. The van der Waals surface area contributed by atoms with E-state index < -0.39 is 0 Å². The number of ether oxygens (including phenoxy) is 1. The zero-order valence-corrected chi connectivity index (χ0v) is 19.0. The number of nitrogens with zero attached hydrogens (tertiary/aromatic N) is 5. The van der Waals surface area contributed by atoms with Crippen LogP contribution in [-0.4, -0.2) is 50.0 Å². The quantitative estimate of drug-likeness (QED) is 0.407. The number of carbonyl (C=O) groups excluding carboxylic acids is 1. The van der Waals surface area contributed by atoms with Gasteiger partial charge < -0.3 is 9.64 Å². The van der Waals surface area contributed by atoms with Crippen molar-refractivity contribution in [1.82, 2.24) is 24.6 Å². The highest BCUT2D eigenvalue weighted by molar-refractivity contribution is 7.99. The molecule has 0 aliphatic carbocycles. The lowest BCUT2D eigenvalue weighted by molar-refractivity contribution is -0.129. The Hall–Kier alpha value is -3.65. The fourth-order valence-corrected chi connectivity index (χ4v) is 4.80. The molecule has 2 aromatic heterocycles. The highest BCUT2D eigenvalue weighted by Crippen LogP contribution is 2.29. The second-order valence-electron chi connectivity index (χ2n) is 7.70. The molecular formula is C25H23N5O2S. The molecule has 1 amide bonds. The van der Waals surface area contributed by atoms with Crippen molar-refractivity contribution in [3.8, 4) is 22.8 Å². The maximum absolute atomic E-state index is 13.0. The predicted molar refractivity (Wildman–Crippen MR) is 127 cm³/mol. The van der Waals surface area contributed by atoms with Crippen LogP contribution in [0.1, 0.15) is 11.1 Å². The number of amides is 1. The third-order valence-corrected chi connectivity index (χ3v) is 6.62. The van der Waals surface area contributed by atoms with Crippen LogP contribution in [0.15, 0.2) is 78.2 Å². The number of pyridine rings is 1. The average Bonchev–Trinajstić information content (AvgIpc) is 3.31. The SMILES string of the molecule is COc1ccc(-n2c(SCC(=O)N3CCc4ccccc4C3)nnc2-c2ccncc2)cc1. The Kier molecular flexibility index (Phi) is 6.08. The molecule has 3 heterocycles. The molecule has 2 aromatic carbocycles. The van der Waals surface area contributed by atoms with E-state index in [1.807, 2.05) is 51.9 Å². The summed E-state index contributed by atoms with van der Waals surface area (Å²) in [5.74, 6) is 1.87. The number of fused-ring (bicyclic) bond motifs is 1. The first-order valence-corrected chi connectivity index (χ1v) is 11.7. The number of aromatic nitrogens is 4. The molecule has 5 rings (SSSR count). The van der Waals surface area contributed by atoms with Gasteiger partial charge in [0, 0.05) is 36.7 Å². The fraction of sp³-hybridized carbons (Fsp3) is 0.200. The molecule has 166 valence electrons. The molecule has 0 bridgehead atoms. The van der Waals surface area contributed by atoms with Gasteiger partial charge in [-0.1, -0.05) is 36.0 Å². The van der Waals surface area contributed by atoms with Crippen LogP contribution in [0, 0.1) is 0 Å². The van der Waals surface area contributed by atoms with Gasteiger partial charge in [0.15, 0.2) is 11.0 Å². The highest BCUT2D eigenvalue weighted by atomic mass is 32.2. The second kappa shape index (κ2) is 9.46. The monoisotopic (exact) mass is 457 g/mol. The number of thioether (sulfide) groups is 1. The van der Waals surface area contributed by atoms with Crippen LogP contribution >= 0.6 is 11.8 Å². The standard InChI is InChI=1S/C25H23N5O2S/c1-32-22-8-6-21(7-9-22)30-24(19-10-13-26-14-11-19)27-28-25(30)33-17-23(31)29-15-12-18-4-2-3-5-20(18)16-29/h2-11,13-14H,12,15-17H2,1H3. The van der Waals surface area contributed by atoms with Crippen LogP contribution < -0.4 is 4.74 Å². The summed E-state index contributed by atoms with van der Waals surface area (Å²) in [5, 5.41) is 9.52. The maximum atomic E-state index is 13.0. The molecule has 0 spiro atoms. The third kappa shape index (κ3) is 4.47. The van der Waals surface area contributed by atoms with E-state index in [0.29, 0.717) is 23.3 Å². The van der Waals surface area contributed by atoms with E-state index in [2.05, 4.69) is 33.4 Å². The lowest BCUT2D eigenvalue weighted by atomic mass is 10.00. The molecule has 33 heavy (non-hydrogen) atoms. The van der Waals surface area contributed by atoms with Crippen molar-refractivity contribution >= 4 is 17.7 Å². The number of rotatable bonds is 6. The summed E-state index contributed by atoms with van der Waals surface area (Å²) in [6, 6.07) is 19.8.